The molecular weight excluding hydrogens is 360 g/mol. The molecule has 4 rings (SSSR count). The van der Waals surface area contributed by atoms with Gasteiger partial charge in [0.2, 0.25) is 0 Å². The topological polar surface area (TPSA) is 66.4 Å². The van der Waals surface area contributed by atoms with Gasteiger partial charge in [-0.3, -0.25) is 14.6 Å². The maximum Gasteiger partial charge on any atom is 0.272 e. The average molecular weight is 385 g/mol. The number of thiazole rings is 1. The number of hydrogen-bond donors (Lipinski definition) is 0. The van der Waals surface area contributed by atoms with E-state index in [1.807, 2.05) is 17.9 Å². The third kappa shape index (κ3) is 3.74. The highest BCUT2D eigenvalue weighted by atomic mass is 32.1. The highest BCUT2D eigenvalue weighted by Gasteiger charge is 2.29. The summed E-state index contributed by atoms with van der Waals surface area (Å²) < 4.78 is 0. The van der Waals surface area contributed by atoms with Crippen molar-refractivity contribution in [3.63, 3.8) is 0 Å². The van der Waals surface area contributed by atoms with E-state index in [0.717, 1.165) is 15.6 Å². The minimum absolute atomic E-state index is 0.0548. The first kappa shape index (κ1) is 18.1. The van der Waals surface area contributed by atoms with E-state index in [2.05, 4.69) is 9.97 Å². The van der Waals surface area contributed by atoms with Crippen LogP contribution in [0.5, 0.6) is 0 Å². The summed E-state index contributed by atoms with van der Waals surface area (Å²) in [6, 6.07) is 5.34. The Bertz CT molecular complexity index is 822. The third-order valence-corrected chi connectivity index (χ3v) is 6.76. The summed E-state index contributed by atoms with van der Waals surface area (Å²) >= 11 is 1.57. The van der Waals surface area contributed by atoms with Crippen molar-refractivity contribution in [2.24, 2.45) is 0 Å². The predicted octanol–water partition coefficient (Wildman–Crippen LogP) is 3.10. The number of hydrogen-bond acceptors (Lipinski definition) is 5. The van der Waals surface area contributed by atoms with E-state index in [0.29, 0.717) is 37.8 Å². The lowest BCUT2D eigenvalue weighted by Gasteiger charge is -2.34. The molecular formula is C20H24N4O2S. The Labute approximate surface area is 163 Å². The van der Waals surface area contributed by atoms with Gasteiger partial charge in [0.25, 0.3) is 11.8 Å². The Hall–Kier alpha value is -2.28. The fourth-order valence-corrected chi connectivity index (χ4v) is 5.07. The van der Waals surface area contributed by atoms with Gasteiger partial charge in [0.05, 0.1) is 10.7 Å². The van der Waals surface area contributed by atoms with Gasteiger partial charge in [-0.15, -0.1) is 11.3 Å². The Balaban J connectivity index is 1.39. The van der Waals surface area contributed by atoms with E-state index >= 15 is 0 Å². The molecule has 0 atom stereocenters. The summed E-state index contributed by atoms with van der Waals surface area (Å²) in [5.41, 5.74) is 1.30. The number of carbonyl (C=O) groups excluding carboxylic acids is 2. The molecule has 6 nitrogen and oxygen atoms in total. The molecule has 2 fully saturated rings. The van der Waals surface area contributed by atoms with E-state index < -0.39 is 0 Å². The van der Waals surface area contributed by atoms with Crippen LogP contribution in [-0.4, -0.2) is 57.8 Å². The number of nitrogens with zero attached hydrogens (tertiary/aromatic N) is 4. The standard InChI is InChI=1S/C20H24N4O2S/c1-14-17(27-18(22-14)15-6-2-3-7-15)20(26)24-12-10-23(11-13-24)19(25)16-8-4-5-9-21-16/h4-5,8-9,15H,2-3,6-7,10-13H2,1H3. The van der Waals surface area contributed by atoms with Crippen LogP contribution in [0, 0.1) is 6.92 Å². The average Bonchev–Trinajstić information content (AvgIpc) is 3.37. The van der Waals surface area contributed by atoms with Gasteiger partial charge >= 0.3 is 0 Å². The molecule has 1 aliphatic heterocycles. The van der Waals surface area contributed by atoms with E-state index in [-0.39, 0.29) is 11.8 Å². The Morgan fingerprint density at radius 2 is 1.70 bits per heavy atom. The third-order valence-electron chi connectivity index (χ3n) is 5.45. The van der Waals surface area contributed by atoms with Crippen molar-refractivity contribution >= 4 is 23.2 Å². The molecule has 1 aliphatic carbocycles. The molecule has 3 heterocycles. The smallest absolute Gasteiger partial charge is 0.272 e. The molecule has 0 N–H and O–H groups in total. The van der Waals surface area contributed by atoms with Gasteiger partial charge in [0.1, 0.15) is 10.6 Å². The number of aryl methyl sites for hydroxylation is 1. The number of rotatable bonds is 3. The zero-order valence-electron chi connectivity index (χ0n) is 15.6. The zero-order chi connectivity index (χ0) is 18.8. The second-order valence-corrected chi connectivity index (χ2v) is 8.28. The maximum atomic E-state index is 13.0. The van der Waals surface area contributed by atoms with Gasteiger partial charge in [-0.2, -0.15) is 0 Å². The van der Waals surface area contributed by atoms with Crippen molar-refractivity contribution in [2.45, 2.75) is 38.5 Å². The van der Waals surface area contributed by atoms with Crippen molar-refractivity contribution in [3.05, 3.63) is 45.7 Å². The molecule has 1 saturated carbocycles. The quantitative estimate of drug-likeness (QED) is 0.816. The molecule has 0 unspecified atom stereocenters. The Kier molecular flexibility index (Phi) is 5.20. The van der Waals surface area contributed by atoms with E-state index in [9.17, 15) is 9.59 Å². The number of carbonyl (C=O) groups is 2. The first-order valence-corrected chi connectivity index (χ1v) is 10.4. The molecule has 0 radical (unpaired) electrons. The van der Waals surface area contributed by atoms with Crippen LogP contribution in [0.4, 0.5) is 0 Å². The van der Waals surface area contributed by atoms with Crippen molar-refractivity contribution in [1.29, 1.82) is 0 Å². The summed E-state index contributed by atoms with van der Waals surface area (Å²) in [4.78, 5) is 38.7. The summed E-state index contributed by atoms with van der Waals surface area (Å²) in [5.74, 6) is 0.516. The number of piperazine rings is 1. The van der Waals surface area contributed by atoms with E-state index in [4.69, 9.17) is 0 Å². The molecule has 2 aromatic rings. The summed E-state index contributed by atoms with van der Waals surface area (Å²) in [7, 11) is 0. The van der Waals surface area contributed by atoms with Gasteiger partial charge in [-0.25, -0.2) is 4.98 Å². The molecule has 27 heavy (non-hydrogen) atoms. The first-order valence-electron chi connectivity index (χ1n) is 9.60. The minimum atomic E-state index is -0.0693. The van der Waals surface area contributed by atoms with Crippen LogP contribution in [-0.2, 0) is 0 Å². The highest BCUT2D eigenvalue weighted by Crippen LogP contribution is 2.37. The first-order chi connectivity index (χ1) is 13.1. The fraction of sp³-hybridized carbons (Fsp3) is 0.500. The summed E-state index contributed by atoms with van der Waals surface area (Å²) in [6.07, 6.45) is 6.53. The minimum Gasteiger partial charge on any atom is -0.334 e. The molecule has 0 aromatic carbocycles. The molecule has 0 bridgehead atoms. The lowest BCUT2D eigenvalue weighted by Crippen LogP contribution is -2.50. The van der Waals surface area contributed by atoms with Crippen LogP contribution in [0.25, 0.3) is 0 Å². The second-order valence-electron chi connectivity index (χ2n) is 7.25. The van der Waals surface area contributed by atoms with Gasteiger partial charge in [0, 0.05) is 38.3 Å². The lowest BCUT2D eigenvalue weighted by atomic mass is 10.1. The Morgan fingerprint density at radius 3 is 2.33 bits per heavy atom. The maximum absolute atomic E-state index is 13.0. The van der Waals surface area contributed by atoms with Crippen LogP contribution in [0.2, 0.25) is 0 Å². The summed E-state index contributed by atoms with van der Waals surface area (Å²) in [5, 5.41) is 1.12. The van der Waals surface area contributed by atoms with Gasteiger partial charge in [-0.05, 0) is 31.9 Å². The van der Waals surface area contributed by atoms with Crippen LogP contribution >= 0.6 is 11.3 Å². The van der Waals surface area contributed by atoms with Gasteiger partial charge < -0.3 is 9.80 Å². The van der Waals surface area contributed by atoms with Crippen molar-refractivity contribution < 1.29 is 9.59 Å². The van der Waals surface area contributed by atoms with Gasteiger partial charge in [-0.1, -0.05) is 18.9 Å². The number of aromatic nitrogens is 2. The molecule has 2 aromatic heterocycles. The van der Waals surface area contributed by atoms with Crippen LogP contribution in [0.15, 0.2) is 24.4 Å². The normalized spacial score (nSPS) is 18.1. The largest absolute Gasteiger partial charge is 0.334 e. The monoisotopic (exact) mass is 384 g/mol. The second kappa shape index (κ2) is 7.76. The van der Waals surface area contributed by atoms with E-state index in [1.165, 1.54) is 25.7 Å². The lowest BCUT2D eigenvalue weighted by molar-refractivity contribution is 0.0534. The highest BCUT2D eigenvalue weighted by molar-refractivity contribution is 7.13. The molecule has 0 spiro atoms. The zero-order valence-corrected chi connectivity index (χ0v) is 16.4. The number of amides is 2. The van der Waals surface area contributed by atoms with Crippen LogP contribution < -0.4 is 0 Å². The molecule has 2 amide bonds. The Morgan fingerprint density at radius 1 is 1.04 bits per heavy atom. The molecule has 2 aliphatic rings. The molecule has 1 saturated heterocycles. The molecule has 7 heteroatoms. The summed E-state index contributed by atoms with van der Waals surface area (Å²) in [6.45, 7) is 4.10. The SMILES string of the molecule is Cc1nc(C2CCCC2)sc1C(=O)N1CCN(C(=O)c2ccccn2)CC1. The van der Waals surface area contributed by atoms with Crippen molar-refractivity contribution in [1.82, 2.24) is 19.8 Å². The van der Waals surface area contributed by atoms with E-state index in [1.54, 1.807) is 34.6 Å². The van der Waals surface area contributed by atoms with Gasteiger partial charge in [0.15, 0.2) is 0 Å². The van der Waals surface area contributed by atoms with Crippen LogP contribution in [0.3, 0.4) is 0 Å². The van der Waals surface area contributed by atoms with Crippen molar-refractivity contribution in [2.75, 3.05) is 26.2 Å². The number of pyridine rings is 1. The molecule has 142 valence electrons. The van der Waals surface area contributed by atoms with Crippen LogP contribution in [0.1, 0.15) is 62.5 Å². The fourth-order valence-electron chi connectivity index (χ4n) is 3.87. The predicted molar refractivity (Wildman–Crippen MR) is 104 cm³/mol. The van der Waals surface area contributed by atoms with Crippen molar-refractivity contribution in [3.8, 4) is 0 Å².